The monoisotopic (exact) mass is 228 g/mol. The summed E-state index contributed by atoms with van der Waals surface area (Å²) in [6.45, 7) is 8.62. The molecular formula is C12H24N2O2. The predicted molar refractivity (Wildman–Crippen MR) is 64.5 cm³/mol. The van der Waals surface area contributed by atoms with Crippen LogP contribution in [0.25, 0.3) is 0 Å². The molecule has 1 heterocycles. The molecule has 2 unspecified atom stereocenters. The molecular weight excluding hydrogens is 204 g/mol. The molecule has 0 aliphatic carbocycles. The molecule has 94 valence electrons. The van der Waals surface area contributed by atoms with E-state index in [-0.39, 0.29) is 5.92 Å². The van der Waals surface area contributed by atoms with E-state index in [4.69, 9.17) is 0 Å². The molecule has 1 rings (SSSR count). The summed E-state index contributed by atoms with van der Waals surface area (Å²) < 4.78 is 0. The van der Waals surface area contributed by atoms with E-state index in [1.54, 1.807) is 0 Å². The van der Waals surface area contributed by atoms with Gasteiger partial charge in [-0.25, -0.2) is 0 Å². The van der Waals surface area contributed by atoms with Crippen LogP contribution in [0.3, 0.4) is 0 Å². The predicted octanol–water partition coefficient (Wildman–Crippen LogP) is 1.07. The Morgan fingerprint density at radius 1 is 1.62 bits per heavy atom. The van der Waals surface area contributed by atoms with E-state index in [0.717, 1.165) is 26.1 Å². The van der Waals surface area contributed by atoms with Crippen molar-refractivity contribution in [1.82, 2.24) is 10.6 Å². The first-order valence-electron chi connectivity index (χ1n) is 6.22. The summed E-state index contributed by atoms with van der Waals surface area (Å²) >= 11 is 0. The van der Waals surface area contributed by atoms with Crippen LogP contribution in [-0.4, -0.2) is 36.2 Å². The molecule has 0 spiro atoms. The van der Waals surface area contributed by atoms with Crippen molar-refractivity contribution in [2.24, 2.45) is 11.8 Å². The first-order valence-corrected chi connectivity index (χ1v) is 6.22. The maximum atomic E-state index is 11.6. The van der Waals surface area contributed by atoms with Crippen molar-refractivity contribution in [2.45, 2.75) is 39.2 Å². The fourth-order valence-corrected chi connectivity index (χ4v) is 2.41. The third-order valence-corrected chi connectivity index (χ3v) is 3.48. The zero-order valence-electron chi connectivity index (χ0n) is 10.5. The molecule has 3 N–H and O–H groups in total. The smallest absolute Gasteiger partial charge is 0.324 e. The van der Waals surface area contributed by atoms with Gasteiger partial charge in [-0.3, -0.25) is 4.79 Å². The molecule has 0 radical (unpaired) electrons. The summed E-state index contributed by atoms with van der Waals surface area (Å²) in [5.74, 6) is -0.0392. The zero-order chi connectivity index (χ0) is 12.2. The van der Waals surface area contributed by atoms with Crippen LogP contribution in [0.15, 0.2) is 0 Å². The standard InChI is InChI=1S/C12H24N2O2/c1-4-10-8-13-6-5-12(10,11(15)16)14-7-9(2)3/h9-10,13-14H,4-8H2,1-3H3,(H,15,16). The number of carboxylic acid groups (broad SMARTS) is 1. The highest BCUT2D eigenvalue weighted by molar-refractivity contribution is 5.79. The van der Waals surface area contributed by atoms with E-state index >= 15 is 0 Å². The normalized spacial score (nSPS) is 30.6. The van der Waals surface area contributed by atoms with Gasteiger partial charge in [-0.15, -0.1) is 0 Å². The number of hydrogen-bond donors (Lipinski definition) is 3. The Morgan fingerprint density at radius 2 is 2.31 bits per heavy atom. The molecule has 0 amide bonds. The number of piperidine rings is 1. The molecule has 2 atom stereocenters. The highest BCUT2D eigenvalue weighted by Gasteiger charge is 2.46. The van der Waals surface area contributed by atoms with Crippen molar-refractivity contribution in [2.75, 3.05) is 19.6 Å². The largest absolute Gasteiger partial charge is 0.480 e. The first-order chi connectivity index (χ1) is 7.53. The van der Waals surface area contributed by atoms with E-state index < -0.39 is 11.5 Å². The lowest BCUT2D eigenvalue weighted by atomic mass is 9.76. The van der Waals surface area contributed by atoms with Gasteiger partial charge in [-0.05, 0) is 31.8 Å². The lowest BCUT2D eigenvalue weighted by Gasteiger charge is -2.42. The summed E-state index contributed by atoms with van der Waals surface area (Å²) in [7, 11) is 0. The van der Waals surface area contributed by atoms with Crippen LogP contribution in [-0.2, 0) is 4.79 Å². The van der Waals surface area contributed by atoms with Crippen molar-refractivity contribution in [3.63, 3.8) is 0 Å². The molecule has 0 aromatic heterocycles. The van der Waals surface area contributed by atoms with Crippen LogP contribution in [0.2, 0.25) is 0 Å². The Kier molecular flexibility index (Phi) is 4.74. The minimum Gasteiger partial charge on any atom is -0.480 e. The molecule has 1 aliphatic rings. The molecule has 4 heteroatoms. The van der Waals surface area contributed by atoms with Crippen LogP contribution in [0.4, 0.5) is 0 Å². The van der Waals surface area contributed by atoms with Crippen molar-refractivity contribution in [1.29, 1.82) is 0 Å². The Morgan fingerprint density at radius 3 is 2.81 bits per heavy atom. The van der Waals surface area contributed by atoms with Crippen molar-refractivity contribution in [3.8, 4) is 0 Å². The van der Waals surface area contributed by atoms with Gasteiger partial charge in [-0.1, -0.05) is 20.8 Å². The Hall–Kier alpha value is -0.610. The lowest BCUT2D eigenvalue weighted by molar-refractivity contribution is -0.149. The maximum Gasteiger partial charge on any atom is 0.324 e. The van der Waals surface area contributed by atoms with Crippen LogP contribution >= 0.6 is 0 Å². The van der Waals surface area contributed by atoms with E-state index in [9.17, 15) is 9.90 Å². The second-order valence-electron chi connectivity index (χ2n) is 5.11. The molecule has 1 saturated heterocycles. The second kappa shape index (κ2) is 5.64. The molecule has 4 nitrogen and oxygen atoms in total. The van der Waals surface area contributed by atoms with Crippen LogP contribution in [0.1, 0.15) is 33.6 Å². The van der Waals surface area contributed by atoms with E-state index in [2.05, 4.69) is 31.4 Å². The SMILES string of the molecule is CCC1CNCCC1(NCC(C)C)C(=O)O. The molecule has 0 saturated carbocycles. The van der Waals surface area contributed by atoms with Gasteiger partial charge >= 0.3 is 5.97 Å². The van der Waals surface area contributed by atoms with Crippen LogP contribution in [0.5, 0.6) is 0 Å². The fourth-order valence-electron chi connectivity index (χ4n) is 2.41. The van der Waals surface area contributed by atoms with Crippen molar-refractivity contribution >= 4 is 5.97 Å². The van der Waals surface area contributed by atoms with Gasteiger partial charge in [-0.2, -0.15) is 0 Å². The molecule has 1 fully saturated rings. The summed E-state index contributed by atoms with van der Waals surface area (Å²) in [6.07, 6.45) is 1.57. The third-order valence-electron chi connectivity index (χ3n) is 3.48. The third kappa shape index (κ3) is 2.74. The number of carbonyl (C=O) groups is 1. The average Bonchev–Trinajstić information content (AvgIpc) is 2.26. The van der Waals surface area contributed by atoms with Gasteiger partial charge in [0.1, 0.15) is 5.54 Å². The summed E-state index contributed by atoms with van der Waals surface area (Å²) in [4.78, 5) is 11.6. The summed E-state index contributed by atoms with van der Waals surface area (Å²) in [5.41, 5.74) is -0.718. The van der Waals surface area contributed by atoms with Gasteiger partial charge < -0.3 is 15.7 Å². The minimum atomic E-state index is -0.718. The highest BCUT2D eigenvalue weighted by atomic mass is 16.4. The first kappa shape index (κ1) is 13.5. The topological polar surface area (TPSA) is 61.4 Å². The number of rotatable bonds is 5. The summed E-state index contributed by atoms with van der Waals surface area (Å²) in [5, 5.41) is 16.1. The average molecular weight is 228 g/mol. The molecule has 16 heavy (non-hydrogen) atoms. The summed E-state index contributed by atoms with van der Waals surface area (Å²) in [6, 6.07) is 0. The highest BCUT2D eigenvalue weighted by Crippen LogP contribution is 2.27. The Balaban J connectivity index is 2.79. The Labute approximate surface area is 97.8 Å². The molecule has 0 aromatic rings. The number of aliphatic carboxylic acids is 1. The maximum absolute atomic E-state index is 11.6. The van der Waals surface area contributed by atoms with Gasteiger partial charge in [0.15, 0.2) is 0 Å². The van der Waals surface area contributed by atoms with Crippen LogP contribution in [0, 0.1) is 11.8 Å². The van der Waals surface area contributed by atoms with Gasteiger partial charge in [0.25, 0.3) is 0 Å². The van der Waals surface area contributed by atoms with Gasteiger partial charge in [0.2, 0.25) is 0 Å². The van der Waals surface area contributed by atoms with Crippen molar-refractivity contribution < 1.29 is 9.90 Å². The van der Waals surface area contributed by atoms with Gasteiger partial charge in [0.05, 0.1) is 0 Å². The Bertz CT molecular complexity index is 243. The number of hydrogen-bond acceptors (Lipinski definition) is 3. The van der Waals surface area contributed by atoms with E-state index in [1.165, 1.54) is 0 Å². The molecule has 0 aromatic carbocycles. The lowest BCUT2D eigenvalue weighted by Crippen LogP contribution is -2.64. The minimum absolute atomic E-state index is 0.178. The van der Waals surface area contributed by atoms with E-state index in [0.29, 0.717) is 12.3 Å². The second-order valence-corrected chi connectivity index (χ2v) is 5.11. The molecule has 0 bridgehead atoms. The number of nitrogens with one attached hydrogen (secondary N) is 2. The van der Waals surface area contributed by atoms with Crippen LogP contribution < -0.4 is 10.6 Å². The molecule has 1 aliphatic heterocycles. The quantitative estimate of drug-likeness (QED) is 0.659. The number of carboxylic acids is 1. The van der Waals surface area contributed by atoms with E-state index in [1.807, 2.05) is 0 Å². The van der Waals surface area contributed by atoms with Gasteiger partial charge in [0, 0.05) is 12.5 Å². The fraction of sp³-hybridized carbons (Fsp3) is 0.917. The van der Waals surface area contributed by atoms with Crippen molar-refractivity contribution in [3.05, 3.63) is 0 Å². The zero-order valence-corrected chi connectivity index (χ0v) is 10.5.